The number of hydrogen-bond donors (Lipinski definition) is 1. The van der Waals surface area contributed by atoms with Crippen LogP contribution in [0.3, 0.4) is 0 Å². The molecular weight excluding hydrogens is 188 g/mol. The Morgan fingerprint density at radius 3 is 2.53 bits per heavy atom. The van der Waals surface area contributed by atoms with Crippen LogP contribution in [0.4, 0.5) is 6.01 Å². The lowest BCUT2D eigenvalue weighted by atomic mass is 9.86. The smallest absolute Gasteiger partial charge is 0.292 e. The van der Waals surface area contributed by atoms with Crippen LogP contribution < -0.4 is 5.73 Å². The highest BCUT2D eigenvalue weighted by atomic mass is 16.4. The van der Waals surface area contributed by atoms with Crippen molar-refractivity contribution in [3.63, 3.8) is 0 Å². The Hall–Kier alpha value is -1.51. The molecule has 0 saturated heterocycles. The van der Waals surface area contributed by atoms with E-state index in [1.807, 2.05) is 13.0 Å². The largest absolute Gasteiger partial charge is 0.423 e. The third-order valence-electron chi connectivity index (χ3n) is 2.56. The van der Waals surface area contributed by atoms with Crippen LogP contribution in [0.5, 0.6) is 0 Å². The Kier molecular flexibility index (Phi) is 2.00. The number of benzene rings is 1. The summed E-state index contributed by atoms with van der Waals surface area (Å²) >= 11 is 0. The molecule has 2 N–H and O–H groups in total. The quantitative estimate of drug-likeness (QED) is 0.717. The summed E-state index contributed by atoms with van der Waals surface area (Å²) in [7, 11) is 0. The topological polar surface area (TPSA) is 52.0 Å². The van der Waals surface area contributed by atoms with E-state index in [0.29, 0.717) is 0 Å². The molecule has 2 aromatic rings. The monoisotopic (exact) mass is 204 g/mol. The molecule has 0 amide bonds. The van der Waals surface area contributed by atoms with Gasteiger partial charge in [0, 0.05) is 0 Å². The van der Waals surface area contributed by atoms with Gasteiger partial charge >= 0.3 is 0 Å². The van der Waals surface area contributed by atoms with Gasteiger partial charge in [-0.1, -0.05) is 26.8 Å². The molecule has 0 aliphatic rings. The third kappa shape index (κ3) is 1.69. The van der Waals surface area contributed by atoms with Gasteiger partial charge in [0.2, 0.25) is 0 Å². The van der Waals surface area contributed by atoms with Crippen molar-refractivity contribution < 1.29 is 4.42 Å². The van der Waals surface area contributed by atoms with E-state index in [1.54, 1.807) is 0 Å². The maximum atomic E-state index is 5.54. The molecule has 1 aromatic carbocycles. The molecule has 80 valence electrons. The summed E-state index contributed by atoms with van der Waals surface area (Å²) < 4.78 is 5.33. The normalized spacial score (nSPS) is 12.3. The van der Waals surface area contributed by atoms with Crippen molar-refractivity contribution in [1.29, 1.82) is 0 Å². The van der Waals surface area contributed by atoms with E-state index in [0.717, 1.165) is 16.7 Å². The minimum Gasteiger partial charge on any atom is -0.423 e. The lowest BCUT2D eigenvalue weighted by molar-refractivity contribution is 0.589. The van der Waals surface area contributed by atoms with Gasteiger partial charge in [0.05, 0.1) is 0 Å². The minimum atomic E-state index is 0.118. The molecule has 0 atom stereocenters. The first kappa shape index (κ1) is 10.0. The van der Waals surface area contributed by atoms with Gasteiger partial charge < -0.3 is 10.2 Å². The first-order chi connectivity index (χ1) is 6.88. The second kappa shape index (κ2) is 2.99. The van der Waals surface area contributed by atoms with E-state index < -0.39 is 0 Å². The number of anilines is 1. The molecule has 3 heteroatoms. The fourth-order valence-corrected chi connectivity index (χ4v) is 1.65. The van der Waals surface area contributed by atoms with Crippen LogP contribution in [0.15, 0.2) is 16.5 Å². The van der Waals surface area contributed by atoms with Gasteiger partial charge in [0.15, 0.2) is 5.58 Å². The molecular formula is C12H16N2O. The number of nitrogens with zero attached hydrogens (tertiary/aromatic N) is 1. The predicted molar refractivity (Wildman–Crippen MR) is 61.9 cm³/mol. The molecule has 1 heterocycles. The number of aromatic nitrogens is 1. The summed E-state index contributed by atoms with van der Waals surface area (Å²) in [5.41, 5.74) is 9.63. The molecule has 0 aliphatic carbocycles. The third-order valence-corrected chi connectivity index (χ3v) is 2.56. The fraction of sp³-hybridized carbons (Fsp3) is 0.417. The number of fused-ring (bicyclic) bond motifs is 1. The predicted octanol–water partition coefficient (Wildman–Crippen LogP) is 3.02. The van der Waals surface area contributed by atoms with Crippen molar-refractivity contribution in [1.82, 2.24) is 4.98 Å². The van der Waals surface area contributed by atoms with Crippen LogP contribution in [0.2, 0.25) is 0 Å². The number of oxazole rings is 1. The van der Waals surface area contributed by atoms with E-state index >= 15 is 0 Å². The Labute approximate surface area is 89.3 Å². The van der Waals surface area contributed by atoms with Gasteiger partial charge in [-0.2, -0.15) is 4.98 Å². The average Bonchev–Trinajstić information content (AvgIpc) is 2.44. The van der Waals surface area contributed by atoms with Crippen LogP contribution >= 0.6 is 0 Å². The Bertz CT molecular complexity index is 506. The van der Waals surface area contributed by atoms with E-state index in [-0.39, 0.29) is 11.4 Å². The summed E-state index contributed by atoms with van der Waals surface area (Å²) in [6, 6.07) is 4.41. The summed E-state index contributed by atoms with van der Waals surface area (Å²) in [6.45, 7) is 8.55. The second-order valence-electron chi connectivity index (χ2n) is 4.94. The SMILES string of the molecule is Cc1cc(C(C)(C)C)cc2nc(N)oc12. The van der Waals surface area contributed by atoms with Gasteiger partial charge in [-0.05, 0) is 29.5 Å². The Morgan fingerprint density at radius 2 is 1.93 bits per heavy atom. The van der Waals surface area contributed by atoms with Gasteiger partial charge in [-0.25, -0.2) is 0 Å². The molecule has 0 aliphatic heterocycles. The first-order valence-corrected chi connectivity index (χ1v) is 5.05. The molecule has 1 aromatic heterocycles. The molecule has 0 fully saturated rings. The van der Waals surface area contributed by atoms with E-state index in [9.17, 15) is 0 Å². The standard InChI is InChI=1S/C12H16N2O/c1-7-5-8(12(2,3)4)6-9-10(7)15-11(13)14-9/h5-6H,1-4H3,(H2,13,14). The van der Waals surface area contributed by atoms with Crippen molar-refractivity contribution >= 4 is 17.1 Å². The molecule has 3 nitrogen and oxygen atoms in total. The lowest BCUT2D eigenvalue weighted by Gasteiger charge is -2.19. The summed E-state index contributed by atoms with van der Waals surface area (Å²) in [5.74, 6) is 0. The highest BCUT2D eigenvalue weighted by Crippen LogP contribution is 2.29. The molecule has 0 spiro atoms. The molecule has 0 bridgehead atoms. The number of nitrogens with two attached hydrogens (primary N) is 1. The minimum absolute atomic E-state index is 0.118. The molecule has 0 radical (unpaired) electrons. The van der Waals surface area contributed by atoms with Gasteiger partial charge in [-0.3, -0.25) is 0 Å². The number of nitrogen functional groups attached to an aromatic ring is 1. The Morgan fingerprint density at radius 1 is 1.27 bits per heavy atom. The first-order valence-electron chi connectivity index (χ1n) is 5.05. The fourth-order valence-electron chi connectivity index (χ4n) is 1.65. The van der Waals surface area contributed by atoms with Crippen LogP contribution in [-0.4, -0.2) is 4.98 Å². The summed E-state index contributed by atoms with van der Waals surface area (Å²) in [6.07, 6.45) is 0. The summed E-state index contributed by atoms with van der Waals surface area (Å²) in [5, 5.41) is 0. The lowest BCUT2D eigenvalue weighted by Crippen LogP contribution is -2.11. The van der Waals surface area contributed by atoms with E-state index in [2.05, 4.69) is 31.8 Å². The van der Waals surface area contributed by atoms with Crippen molar-refractivity contribution in [2.45, 2.75) is 33.1 Å². The molecule has 2 rings (SSSR count). The highest BCUT2D eigenvalue weighted by Gasteiger charge is 2.17. The summed E-state index contributed by atoms with van der Waals surface area (Å²) in [4.78, 5) is 4.16. The number of hydrogen-bond acceptors (Lipinski definition) is 3. The number of rotatable bonds is 0. The number of aryl methyl sites for hydroxylation is 1. The molecule has 0 unspecified atom stereocenters. The zero-order valence-corrected chi connectivity index (χ0v) is 9.59. The average molecular weight is 204 g/mol. The molecule has 15 heavy (non-hydrogen) atoms. The molecule has 0 saturated carbocycles. The van der Waals surface area contributed by atoms with Gasteiger partial charge in [0.25, 0.3) is 6.01 Å². The second-order valence-corrected chi connectivity index (χ2v) is 4.94. The van der Waals surface area contributed by atoms with Gasteiger partial charge in [-0.15, -0.1) is 0 Å². The maximum absolute atomic E-state index is 5.54. The van der Waals surface area contributed by atoms with Crippen LogP contribution in [-0.2, 0) is 5.41 Å². The van der Waals surface area contributed by atoms with Crippen LogP contribution in [0, 0.1) is 6.92 Å². The van der Waals surface area contributed by atoms with Crippen molar-refractivity contribution in [3.05, 3.63) is 23.3 Å². The van der Waals surface area contributed by atoms with Crippen LogP contribution in [0.25, 0.3) is 11.1 Å². The van der Waals surface area contributed by atoms with Crippen molar-refractivity contribution in [2.75, 3.05) is 5.73 Å². The van der Waals surface area contributed by atoms with E-state index in [4.69, 9.17) is 10.2 Å². The van der Waals surface area contributed by atoms with Crippen molar-refractivity contribution in [2.24, 2.45) is 0 Å². The maximum Gasteiger partial charge on any atom is 0.292 e. The van der Waals surface area contributed by atoms with Gasteiger partial charge in [0.1, 0.15) is 5.52 Å². The Balaban J connectivity index is 2.72. The van der Waals surface area contributed by atoms with E-state index in [1.165, 1.54) is 5.56 Å². The highest BCUT2D eigenvalue weighted by molar-refractivity contribution is 5.78. The van der Waals surface area contributed by atoms with Crippen LogP contribution in [0.1, 0.15) is 31.9 Å². The zero-order chi connectivity index (χ0) is 11.2. The van der Waals surface area contributed by atoms with Crippen molar-refractivity contribution in [3.8, 4) is 0 Å². The zero-order valence-electron chi connectivity index (χ0n) is 9.59.